The molecule has 6 rings (SSSR count). The molecule has 0 aliphatic carbocycles. The van der Waals surface area contributed by atoms with E-state index in [1.54, 1.807) is 60.7 Å². The predicted molar refractivity (Wildman–Crippen MR) is 203 cm³/mol. The molecule has 57 heavy (non-hydrogen) atoms. The monoisotopic (exact) mass is 842 g/mol. The van der Waals surface area contributed by atoms with Crippen LogP contribution in [-0.4, -0.2) is 94.2 Å². The largest absolute Gasteiger partial charge is 2.00 e. The van der Waals surface area contributed by atoms with Crippen molar-refractivity contribution in [2.75, 3.05) is 0 Å². The van der Waals surface area contributed by atoms with Crippen LogP contribution in [0.3, 0.4) is 0 Å². The number of azo groups is 2. The van der Waals surface area contributed by atoms with Gasteiger partial charge in [0.05, 0.1) is 19.6 Å². The number of aryl methyl sites for hydroxylation is 2. The number of phenols is 2. The second-order valence-corrected chi connectivity index (χ2v) is 14.5. The summed E-state index contributed by atoms with van der Waals surface area (Å²) in [4.78, 5) is 20.3. The maximum atomic E-state index is 11.5. The molecule has 0 aliphatic rings. The van der Waals surface area contributed by atoms with Crippen LogP contribution in [0, 0.1) is 9.81 Å². The summed E-state index contributed by atoms with van der Waals surface area (Å²) in [7, 11) is -9.93. The number of phenolic OH excluding ortho intramolecular Hbond substituents is 2. The molecule has 0 saturated carbocycles. The van der Waals surface area contributed by atoms with E-state index in [0.717, 1.165) is 23.3 Å². The minimum absolute atomic E-state index is 0. The van der Waals surface area contributed by atoms with Crippen LogP contribution < -0.4 is 0 Å². The van der Waals surface area contributed by atoms with E-state index in [1.165, 1.54) is 24.3 Å². The molecule has 0 bridgehead atoms. The molecule has 4 N–H and O–H groups in total. The summed E-state index contributed by atoms with van der Waals surface area (Å²) in [5.74, 6) is -1.68. The van der Waals surface area contributed by atoms with Crippen molar-refractivity contribution in [1.29, 1.82) is 0 Å². The number of hydrogen-bond donors (Lipinski definition) is 4. The van der Waals surface area contributed by atoms with Crippen molar-refractivity contribution in [3.63, 3.8) is 0 Å². The summed E-state index contributed by atoms with van der Waals surface area (Å²) in [6, 6.07) is 23.9. The molecule has 0 radical (unpaired) electrons. The van der Waals surface area contributed by atoms with Gasteiger partial charge in [0.2, 0.25) is 0 Å². The van der Waals surface area contributed by atoms with Crippen LogP contribution in [-0.2, 0) is 33.1 Å². The van der Waals surface area contributed by atoms with E-state index < -0.39 is 41.5 Å². The van der Waals surface area contributed by atoms with Gasteiger partial charge in [0.15, 0.2) is 22.9 Å². The second-order valence-electron chi connectivity index (χ2n) is 11.8. The number of fused-ring (bicyclic) bond motifs is 2. The van der Waals surface area contributed by atoms with E-state index in [9.17, 15) is 56.4 Å². The molecule has 18 nitrogen and oxygen atoms in total. The van der Waals surface area contributed by atoms with Crippen LogP contribution >= 0.6 is 0 Å². The van der Waals surface area contributed by atoms with Crippen LogP contribution in [0.4, 0.5) is 34.1 Å². The third-order valence-corrected chi connectivity index (χ3v) is 9.98. The van der Waals surface area contributed by atoms with Crippen LogP contribution in [0.1, 0.15) is 25.0 Å². The molecule has 6 aromatic rings. The normalized spacial score (nSPS) is 11.7. The van der Waals surface area contributed by atoms with Crippen molar-refractivity contribution in [2.45, 2.75) is 36.5 Å². The Labute approximate surface area is 354 Å². The van der Waals surface area contributed by atoms with Crippen molar-refractivity contribution >= 4 is 114 Å². The smallest absolute Gasteiger partial charge is 0.744 e. The van der Waals surface area contributed by atoms with Crippen molar-refractivity contribution in [3.8, 4) is 11.5 Å². The zero-order valence-electron chi connectivity index (χ0n) is 29.9. The Morgan fingerprint density at radius 2 is 0.912 bits per heavy atom. The Morgan fingerprint density at radius 3 is 1.23 bits per heavy atom. The average molecular weight is 843 g/mol. The Balaban J connectivity index is 0.000000248. The van der Waals surface area contributed by atoms with Gasteiger partial charge in [-0.05, 0) is 59.0 Å². The Morgan fingerprint density at radius 1 is 0.561 bits per heavy atom. The topological polar surface area (TPSA) is 285 Å². The van der Waals surface area contributed by atoms with Crippen molar-refractivity contribution < 1.29 is 56.4 Å². The van der Waals surface area contributed by atoms with Gasteiger partial charge in [-0.1, -0.05) is 74.5 Å². The van der Waals surface area contributed by atoms with E-state index in [2.05, 4.69) is 20.5 Å². The number of rotatable bonds is 10. The summed E-state index contributed by atoms with van der Waals surface area (Å²) in [5.41, 5.74) is 0.793. The number of benzene rings is 6. The maximum Gasteiger partial charge on any atom is 2.00 e. The third kappa shape index (κ3) is 10.1. The van der Waals surface area contributed by atoms with Gasteiger partial charge in [0, 0.05) is 22.9 Å². The summed E-state index contributed by atoms with van der Waals surface area (Å²) in [5, 5.41) is 56.2. The zero-order chi connectivity index (χ0) is 40.9. The molecule has 0 heterocycles. The molecular weight excluding hydrogens is 813 g/mol. The molecule has 0 unspecified atom stereocenters. The zero-order valence-corrected chi connectivity index (χ0v) is 33.8. The molecule has 0 atom stereocenters. The molecule has 21 heteroatoms. The second kappa shape index (κ2) is 18.2. The molecule has 0 spiro atoms. The summed E-state index contributed by atoms with van der Waals surface area (Å²) < 4.78 is 68.9. The van der Waals surface area contributed by atoms with Crippen molar-refractivity contribution in [2.24, 2.45) is 20.5 Å². The van der Waals surface area contributed by atoms with E-state index in [1.807, 2.05) is 13.8 Å². The fourth-order valence-corrected chi connectivity index (χ4v) is 6.65. The predicted octanol–water partition coefficient (Wildman–Crippen LogP) is 8.07. The van der Waals surface area contributed by atoms with Gasteiger partial charge in [-0.25, -0.2) is 27.3 Å². The van der Waals surface area contributed by atoms with Gasteiger partial charge in [-0.3, -0.25) is 0 Å². The quantitative estimate of drug-likeness (QED) is 0.0441. The first-order chi connectivity index (χ1) is 26.4. The average Bonchev–Trinajstić information content (AvgIpc) is 3.15. The van der Waals surface area contributed by atoms with E-state index in [4.69, 9.17) is 0 Å². The third-order valence-electron chi connectivity index (χ3n) is 8.28. The Hall–Kier alpha value is -5.48. The fourth-order valence-electron chi connectivity index (χ4n) is 5.44. The number of aromatic hydroxyl groups is 2. The molecule has 6 aromatic carbocycles. The molecule has 0 amide bonds. The first-order valence-corrected chi connectivity index (χ1v) is 19.1. The van der Waals surface area contributed by atoms with E-state index in [-0.39, 0.29) is 81.7 Å². The van der Waals surface area contributed by atoms with Crippen molar-refractivity contribution in [1.82, 2.24) is 0 Å². The minimum Gasteiger partial charge on any atom is -0.744 e. The van der Waals surface area contributed by atoms with Gasteiger partial charge >= 0.3 is 49.1 Å². The van der Waals surface area contributed by atoms with Crippen LogP contribution in [0.25, 0.3) is 21.5 Å². The van der Waals surface area contributed by atoms with Crippen molar-refractivity contribution in [3.05, 3.63) is 118 Å². The summed E-state index contributed by atoms with van der Waals surface area (Å²) in [6.07, 6.45) is 1.26. The fraction of sp³-hybridized carbons (Fsp3) is 0.111. The van der Waals surface area contributed by atoms with Gasteiger partial charge < -0.3 is 19.3 Å². The first kappa shape index (κ1) is 44.2. The summed E-state index contributed by atoms with van der Waals surface area (Å²) >= 11 is 0. The standard InChI is InChI=1S/2C18H15N3O6S.Ca/c2*1-2-11-7-8-15(21(23)24)14(9-11)19-20-17-13-6-4-3-5-12(13)10-16(18(17)22)28(25,26)27;/h2*3-10H,2H2,1H3,(H2-,19,22,23,24,25,26,27);/q;;+2. The molecule has 0 aliphatic heterocycles. The Bertz CT molecular complexity index is 2640. The van der Waals surface area contributed by atoms with Crippen LogP contribution in [0.5, 0.6) is 11.5 Å². The molecule has 288 valence electrons. The Kier molecular flexibility index (Phi) is 14.1. The van der Waals surface area contributed by atoms with Gasteiger partial charge in [-0.2, -0.15) is 0 Å². The summed E-state index contributed by atoms with van der Waals surface area (Å²) in [6.45, 7) is 3.76. The SMILES string of the molecule is CCc1ccc([N+](=O)O)c(N=Nc2c(O)c(S(=O)(=O)[O-])cc3ccccc23)c1.CCc1ccc([N+](=O)O)c(N=Nc2c(O)c(S(=O)(=O)[O-])cc3ccccc23)c1.[Ca+2]. The van der Waals surface area contributed by atoms with E-state index in [0.29, 0.717) is 34.4 Å². The maximum absolute atomic E-state index is 11.5. The molecule has 0 aromatic heterocycles. The minimum atomic E-state index is -4.96. The van der Waals surface area contributed by atoms with Gasteiger partial charge in [0.25, 0.3) is 9.85 Å². The number of nitrogens with zero attached hydrogens (tertiary/aromatic N) is 6. The number of hydrogen-bond acceptors (Lipinski definition) is 14. The van der Waals surface area contributed by atoms with E-state index >= 15 is 0 Å². The molecule has 0 fully saturated rings. The first-order valence-electron chi connectivity index (χ1n) is 16.3. The molecule has 0 saturated heterocycles. The van der Waals surface area contributed by atoms with Crippen LogP contribution in [0.15, 0.2) is 127 Å². The van der Waals surface area contributed by atoms with Crippen LogP contribution in [0.2, 0.25) is 0 Å². The van der Waals surface area contributed by atoms with Gasteiger partial charge in [0.1, 0.15) is 31.6 Å². The van der Waals surface area contributed by atoms with Gasteiger partial charge in [-0.15, -0.1) is 20.5 Å². The molecular formula is C36H30CaN6O12S2+2.